The van der Waals surface area contributed by atoms with Crippen LogP contribution < -0.4 is 0 Å². The Kier molecular flexibility index (Phi) is 19.4. The van der Waals surface area contributed by atoms with E-state index in [1.165, 1.54) is 19.3 Å². The number of rotatable bonds is 17. The van der Waals surface area contributed by atoms with Crippen LogP contribution >= 0.6 is 12.6 Å². The number of unbranched alkanes of at least 4 members (excludes halogenated alkanes) is 3. The van der Waals surface area contributed by atoms with Gasteiger partial charge in [0.05, 0.1) is 39.6 Å². The topological polar surface area (TPSA) is 36.9 Å². The number of hydrogen-bond acceptors (Lipinski definition) is 5. The normalized spacial score (nSPS) is 11.1. The maximum Gasteiger partial charge on any atom is 0.0701 e. The first kappa shape index (κ1) is 20.2. The first-order valence-electron chi connectivity index (χ1n) is 7.83. The molecule has 0 bridgehead atoms. The Morgan fingerprint density at radius 1 is 0.550 bits per heavy atom. The molecule has 0 spiro atoms. The van der Waals surface area contributed by atoms with E-state index in [1.54, 1.807) is 0 Å². The zero-order valence-electron chi connectivity index (χ0n) is 13.0. The predicted octanol–water partition coefficient (Wildman–Crippen LogP) is 2.95. The molecule has 0 saturated heterocycles. The van der Waals surface area contributed by atoms with Crippen LogP contribution in [0.3, 0.4) is 0 Å². The van der Waals surface area contributed by atoms with Gasteiger partial charge in [0, 0.05) is 13.2 Å². The second-order valence-electron chi connectivity index (χ2n) is 4.59. The Morgan fingerprint density at radius 3 is 1.45 bits per heavy atom. The monoisotopic (exact) mass is 308 g/mol. The van der Waals surface area contributed by atoms with Crippen LogP contribution in [0, 0.1) is 0 Å². The summed E-state index contributed by atoms with van der Waals surface area (Å²) in [5.74, 6) is 0.965. The molecule has 0 rings (SSSR count). The van der Waals surface area contributed by atoms with Crippen molar-refractivity contribution in [2.75, 3.05) is 58.6 Å². The van der Waals surface area contributed by atoms with Crippen LogP contribution in [0.15, 0.2) is 0 Å². The van der Waals surface area contributed by atoms with Crippen LogP contribution in [0.25, 0.3) is 0 Å². The van der Waals surface area contributed by atoms with Crippen molar-refractivity contribution in [3.05, 3.63) is 0 Å². The highest BCUT2D eigenvalue weighted by Crippen LogP contribution is 1.97. The smallest absolute Gasteiger partial charge is 0.0701 e. The van der Waals surface area contributed by atoms with Gasteiger partial charge < -0.3 is 18.9 Å². The van der Waals surface area contributed by atoms with Crippen LogP contribution in [0.5, 0.6) is 0 Å². The molecule has 0 heterocycles. The first-order chi connectivity index (χ1) is 9.91. The highest BCUT2D eigenvalue weighted by Gasteiger charge is 1.93. The van der Waals surface area contributed by atoms with Crippen LogP contribution in [0.1, 0.15) is 39.0 Å². The Hall–Kier alpha value is 0.190. The molecular weight excluding hydrogens is 276 g/mol. The Labute approximate surface area is 129 Å². The van der Waals surface area contributed by atoms with Crippen molar-refractivity contribution in [3.63, 3.8) is 0 Å². The van der Waals surface area contributed by atoms with Crippen molar-refractivity contribution < 1.29 is 18.9 Å². The van der Waals surface area contributed by atoms with E-state index in [0.29, 0.717) is 39.6 Å². The summed E-state index contributed by atoms with van der Waals surface area (Å²) in [7, 11) is 0. The van der Waals surface area contributed by atoms with E-state index in [0.717, 1.165) is 31.8 Å². The van der Waals surface area contributed by atoms with Gasteiger partial charge in [0.25, 0.3) is 0 Å². The Bertz CT molecular complexity index is 152. The molecule has 0 N–H and O–H groups in total. The van der Waals surface area contributed by atoms with Gasteiger partial charge in [-0.15, -0.1) is 0 Å². The van der Waals surface area contributed by atoms with Crippen molar-refractivity contribution in [3.8, 4) is 0 Å². The molecule has 0 saturated carbocycles. The lowest BCUT2D eigenvalue weighted by atomic mass is 10.3. The third kappa shape index (κ3) is 18.2. The molecule has 4 nitrogen and oxygen atoms in total. The maximum atomic E-state index is 5.45. The van der Waals surface area contributed by atoms with Gasteiger partial charge >= 0.3 is 0 Å². The summed E-state index contributed by atoms with van der Waals surface area (Å²) in [5, 5.41) is 0. The molecule has 122 valence electrons. The highest BCUT2D eigenvalue weighted by molar-refractivity contribution is 7.80. The molecule has 0 aliphatic heterocycles. The van der Waals surface area contributed by atoms with Crippen molar-refractivity contribution >= 4 is 12.6 Å². The van der Waals surface area contributed by atoms with Crippen molar-refractivity contribution in [1.82, 2.24) is 0 Å². The predicted molar refractivity (Wildman–Crippen MR) is 85.9 cm³/mol. The minimum Gasteiger partial charge on any atom is -0.379 e. The van der Waals surface area contributed by atoms with E-state index in [4.69, 9.17) is 18.9 Å². The molecule has 0 aromatic rings. The summed E-state index contributed by atoms with van der Waals surface area (Å²) in [6.07, 6.45) is 5.77. The Morgan fingerprint density at radius 2 is 1.00 bits per heavy atom. The SMILES string of the molecule is CCCCOCCOCCOCCOCCCCCS. The molecule has 0 unspecified atom stereocenters. The average Bonchev–Trinajstić information content (AvgIpc) is 2.47. The van der Waals surface area contributed by atoms with Crippen molar-refractivity contribution in [2.24, 2.45) is 0 Å². The summed E-state index contributed by atoms with van der Waals surface area (Å²) in [5.41, 5.74) is 0. The van der Waals surface area contributed by atoms with Crippen LogP contribution in [0.4, 0.5) is 0 Å². The molecule has 0 fully saturated rings. The fourth-order valence-electron chi connectivity index (χ4n) is 1.50. The van der Waals surface area contributed by atoms with E-state index in [9.17, 15) is 0 Å². The summed E-state index contributed by atoms with van der Waals surface area (Å²) < 4.78 is 21.6. The lowest BCUT2D eigenvalue weighted by molar-refractivity contribution is -0.00235. The van der Waals surface area contributed by atoms with Crippen molar-refractivity contribution in [1.29, 1.82) is 0 Å². The fourth-order valence-corrected chi connectivity index (χ4v) is 1.72. The van der Waals surface area contributed by atoms with Gasteiger partial charge in [-0.05, 0) is 25.0 Å². The molecule has 0 aromatic heterocycles. The van der Waals surface area contributed by atoms with E-state index < -0.39 is 0 Å². The molecule has 0 aliphatic rings. The third-order valence-corrected chi connectivity index (χ3v) is 3.02. The zero-order chi connectivity index (χ0) is 14.7. The van der Waals surface area contributed by atoms with E-state index in [2.05, 4.69) is 19.6 Å². The molecule has 0 radical (unpaired) electrons. The quantitative estimate of drug-likeness (QED) is 0.331. The van der Waals surface area contributed by atoms with Crippen molar-refractivity contribution in [2.45, 2.75) is 39.0 Å². The van der Waals surface area contributed by atoms with Crippen LogP contribution in [-0.4, -0.2) is 58.6 Å². The number of hydrogen-bond donors (Lipinski definition) is 1. The fraction of sp³-hybridized carbons (Fsp3) is 1.00. The summed E-state index contributed by atoms with van der Waals surface area (Å²) in [6.45, 7) is 7.69. The highest BCUT2D eigenvalue weighted by atomic mass is 32.1. The van der Waals surface area contributed by atoms with Gasteiger partial charge in [-0.3, -0.25) is 0 Å². The van der Waals surface area contributed by atoms with Crippen LogP contribution in [0.2, 0.25) is 0 Å². The largest absolute Gasteiger partial charge is 0.379 e. The molecule has 0 amide bonds. The van der Waals surface area contributed by atoms with Gasteiger partial charge in [0.2, 0.25) is 0 Å². The summed E-state index contributed by atoms with van der Waals surface area (Å²) in [6, 6.07) is 0. The Balaban J connectivity index is 2.89. The van der Waals surface area contributed by atoms with E-state index in [1.807, 2.05) is 0 Å². The van der Waals surface area contributed by atoms with Gasteiger partial charge in [-0.2, -0.15) is 12.6 Å². The van der Waals surface area contributed by atoms with Gasteiger partial charge in [0.15, 0.2) is 0 Å². The van der Waals surface area contributed by atoms with Gasteiger partial charge in [0.1, 0.15) is 0 Å². The molecular formula is C15H32O4S. The van der Waals surface area contributed by atoms with Crippen LogP contribution in [-0.2, 0) is 18.9 Å². The average molecular weight is 308 g/mol. The third-order valence-electron chi connectivity index (χ3n) is 2.71. The number of ether oxygens (including phenoxy) is 4. The lowest BCUT2D eigenvalue weighted by Gasteiger charge is -2.07. The second kappa shape index (κ2) is 19.2. The maximum absolute atomic E-state index is 5.45. The minimum absolute atomic E-state index is 0.623. The molecule has 0 atom stereocenters. The minimum atomic E-state index is 0.623. The van der Waals surface area contributed by atoms with E-state index in [-0.39, 0.29) is 0 Å². The lowest BCUT2D eigenvalue weighted by Crippen LogP contribution is -2.12. The number of thiol groups is 1. The molecule has 20 heavy (non-hydrogen) atoms. The summed E-state index contributed by atoms with van der Waals surface area (Å²) >= 11 is 4.17. The summed E-state index contributed by atoms with van der Waals surface area (Å²) in [4.78, 5) is 0. The zero-order valence-corrected chi connectivity index (χ0v) is 13.9. The first-order valence-corrected chi connectivity index (χ1v) is 8.47. The molecule has 0 aromatic carbocycles. The second-order valence-corrected chi connectivity index (χ2v) is 5.03. The van der Waals surface area contributed by atoms with Gasteiger partial charge in [-0.1, -0.05) is 19.8 Å². The molecule has 5 heteroatoms. The van der Waals surface area contributed by atoms with Gasteiger partial charge in [-0.25, -0.2) is 0 Å². The molecule has 0 aliphatic carbocycles. The standard InChI is InChI=1S/C15H32O4S/c1-2-3-7-16-9-11-18-13-14-19-12-10-17-8-5-4-6-15-20/h20H,2-15H2,1H3. The van der Waals surface area contributed by atoms with E-state index >= 15 is 0 Å².